The van der Waals surface area contributed by atoms with Gasteiger partial charge in [0.25, 0.3) is 5.91 Å². The topological polar surface area (TPSA) is 70.6 Å². The van der Waals surface area contributed by atoms with E-state index >= 15 is 0 Å². The Morgan fingerprint density at radius 1 is 1.10 bits per heavy atom. The summed E-state index contributed by atoms with van der Waals surface area (Å²) in [6, 6.07) is 11.6. The Kier molecular flexibility index (Phi) is 8.24. The number of amides is 1. The fourth-order valence-electron chi connectivity index (χ4n) is 2.73. The van der Waals surface area contributed by atoms with Crippen LogP contribution in [0.4, 0.5) is 5.13 Å². The molecule has 0 radical (unpaired) electrons. The number of halogens is 2. The molecule has 0 fully saturated rings. The van der Waals surface area contributed by atoms with E-state index in [1.54, 1.807) is 30.0 Å². The van der Waals surface area contributed by atoms with Crippen LogP contribution in [0.5, 0.6) is 0 Å². The molecule has 2 aromatic carbocycles. The molecule has 1 heterocycles. The first kappa shape index (κ1) is 24.6. The summed E-state index contributed by atoms with van der Waals surface area (Å²) in [6.07, 6.45) is 0. The van der Waals surface area contributed by atoms with E-state index in [4.69, 9.17) is 11.6 Å². The van der Waals surface area contributed by atoms with E-state index in [1.165, 1.54) is 23.5 Å². The van der Waals surface area contributed by atoms with Crippen molar-refractivity contribution < 1.29 is 13.2 Å². The highest BCUT2D eigenvalue weighted by Crippen LogP contribution is 2.33. The zero-order chi connectivity index (χ0) is 21.2. The van der Waals surface area contributed by atoms with Crippen LogP contribution >= 0.6 is 35.3 Å². The van der Waals surface area contributed by atoms with Gasteiger partial charge in [-0.3, -0.25) is 9.69 Å². The molecule has 10 heteroatoms. The molecule has 3 rings (SSSR count). The molecule has 162 valence electrons. The number of thiazole rings is 1. The van der Waals surface area contributed by atoms with Gasteiger partial charge in [-0.05, 0) is 50.5 Å². The van der Waals surface area contributed by atoms with Crippen molar-refractivity contribution in [2.75, 3.05) is 37.8 Å². The first-order valence-electron chi connectivity index (χ1n) is 9.07. The lowest BCUT2D eigenvalue weighted by atomic mass is 10.2. The normalized spacial score (nSPS) is 11.5. The summed E-state index contributed by atoms with van der Waals surface area (Å²) < 4.78 is 25.0. The van der Waals surface area contributed by atoms with Crippen molar-refractivity contribution >= 4 is 66.4 Å². The van der Waals surface area contributed by atoms with Crippen LogP contribution < -0.4 is 4.90 Å². The molecular weight excluding hydrogens is 465 g/mol. The van der Waals surface area contributed by atoms with Gasteiger partial charge in [0.1, 0.15) is 5.52 Å². The SMILES string of the molecule is CCS(=O)(=O)c1ccc(C(=O)N(CCN(C)C)c2nc3c(Cl)cccc3s2)cc1.Cl. The molecule has 30 heavy (non-hydrogen) atoms. The van der Waals surface area contributed by atoms with Crippen LogP contribution in [-0.4, -0.2) is 57.1 Å². The first-order valence-corrected chi connectivity index (χ1v) is 11.9. The number of fused-ring (bicyclic) bond motifs is 1. The van der Waals surface area contributed by atoms with Gasteiger partial charge in [-0.1, -0.05) is 35.9 Å². The second-order valence-corrected chi connectivity index (χ2v) is 10.5. The average Bonchev–Trinajstić information content (AvgIpc) is 3.13. The zero-order valence-electron chi connectivity index (χ0n) is 16.8. The molecule has 0 spiro atoms. The molecule has 0 bridgehead atoms. The minimum atomic E-state index is -3.31. The van der Waals surface area contributed by atoms with Gasteiger partial charge in [0.05, 0.1) is 20.4 Å². The number of rotatable bonds is 7. The standard InChI is InChI=1S/C20H22ClN3O3S2.ClH/c1-4-29(26,27)15-10-8-14(9-11-15)19(25)24(13-12-23(2)3)20-22-18-16(21)6-5-7-17(18)28-20;/h5-11H,4,12-13H2,1-3H3;1H. The number of nitrogens with zero attached hydrogens (tertiary/aromatic N) is 3. The van der Waals surface area contributed by atoms with Gasteiger partial charge in [-0.2, -0.15) is 0 Å². The Balaban J connectivity index is 0.00000320. The Labute approximate surface area is 191 Å². The van der Waals surface area contributed by atoms with Crippen LogP contribution in [0.3, 0.4) is 0 Å². The monoisotopic (exact) mass is 487 g/mol. The third-order valence-electron chi connectivity index (χ3n) is 4.45. The highest BCUT2D eigenvalue weighted by molar-refractivity contribution is 7.91. The van der Waals surface area contributed by atoms with Crippen molar-refractivity contribution in [3.63, 3.8) is 0 Å². The quantitative estimate of drug-likeness (QED) is 0.494. The summed E-state index contributed by atoms with van der Waals surface area (Å²) in [7, 11) is 0.552. The maximum absolute atomic E-state index is 13.2. The number of carbonyl (C=O) groups excluding carboxylic acids is 1. The number of benzene rings is 2. The molecule has 6 nitrogen and oxygen atoms in total. The Hall–Kier alpha value is -1.71. The fourth-order valence-corrected chi connectivity index (χ4v) is 4.90. The highest BCUT2D eigenvalue weighted by atomic mass is 35.5. The molecule has 0 N–H and O–H groups in total. The van der Waals surface area contributed by atoms with Gasteiger partial charge in [-0.25, -0.2) is 13.4 Å². The van der Waals surface area contributed by atoms with Crippen molar-refractivity contribution in [2.45, 2.75) is 11.8 Å². The second kappa shape index (κ2) is 10.1. The van der Waals surface area contributed by atoms with E-state index in [0.717, 1.165) is 4.70 Å². The van der Waals surface area contributed by atoms with Crippen LogP contribution in [0.2, 0.25) is 5.02 Å². The van der Waals surface area contributed by atoms with Crippen molar-refractivity contribution in [1.29, 1.82) is 0 Å². The summed E-state index contributed by atoms with van der Waals surface area (Å²) >= 11 is 7.65. The number of carbonyl (C=O) groups is 1. The van der Waals surface area contributed by atoms with E-state index < -0.39 is 9.84 Å². The van der Waals surface area contributed by atoms with Crippen molar-refractivity contribution in [1.82, 2.24) is 9.88 Å². The number of para-hydroxylation sites is 1. The molecule has 1 aromatic heterocycles. The smallest absolute Gasteiger partial charge is 0.260 e. The van der Waals surface area contributed by atoms with Gasteiger partial charge in [0.2, 0.25) is 0 Å². The van der Waals surface area contributed by atoms with Gasteiger partial charge < -0.3 is 4.90 Å². The van der Waals surface area contributed by atoms with Gasteiger partial charge in [-0.15, -0.1) is 12.4 Å². The Bertz CT molecular complexity index is 1130. The van der Waals surface area contributed by atoms with Gasteiger partial charge in [0.15, 0.2) is 15.0 Å². The molecule has 0 saturated heterocycles. The van der Waals surface area contributed by atoms with Crippen molar-refractivity contribution in [2.24, 2.45) is 0 Å². The maximum Gasteiger partial charge on any atom is 0.260 e. The molecule has 0 aliphatic rings. The Morgan fingerprint density at radius 3 is 2.33 bits per heavy atom. The van der Waals surface area contributed by atoms with E-state index in [1.807, 2.05) is 31.1 Å². The predicted molar refractivity (Wildman–Crippen MR) is 126 cm³/mol. The van der Waals surface area contributed by atoms with Crippen molar-refractivity contribution in [3.8, 4) is 0 Å². The van der Waals surface area contributed by atoms with E-state index in [0.29, 0.717) is 34.3 Å². The molecule has 3 aromatic rings. The molecule has 0 unspecified atom stereocenters. The second-order valence-electron chi connectivity index (χ2n) is 6.77. The largest absolute Gasteiger partial charge is 0.308 e. The predicted octanol–water partition coefficient (Wildman–Crippen LogP) is 4.37. The van der Waals surface area contributed by atoms with E-state index in [9.17, 15) is 13.2 Å². The van der Waals surface area contributed by atoms with E-state index in [-0.39, 0.29) is 29.0 Å². The summed E-state index contributed by atoms with van der Waals surface area (Å²) in [4.78, 5) is 21.6. The summed E-state index contributed by atoms with van der Waals surface area (Å²) in [5.41, 5.74) is 1.07. The third-order valence-corrected chi connectivity index (χ3v) is 7.54. The Morgan fingerprint density at radius 2 is 1.77 bits per heavy atom. The highest BCUT2D eigenvalue weighted by Gasteiger charge is 2.22. The lowest BCUT2D eigenvalue weighted by Gasteiger charge is -2.22. The summed E-state index contributed by atoms with van der Waals surface area (Å²) in [5, 5.41) is 1.10. The van der Waals surface area contributed by atoms with Crippen LogP contribution in [0.1, 0.15) is 17.3 Å². The minimum absolute atomic E-state index is 0. The lowest BCUT2D eigenvalue weighted by molar-refractivity contribution is 0.0985. The van der Waals surface area contributed by atoms with Gasteiger partial charge >= 0.3 is 0 Å². The van der Waals surface area contributed by atoms with Crippen LogP contribution in [-0.2, 0) is 9.84 Å². The number of hydrogen-bond acceptors (Lipinski definition) is 6. The summed E-state index contributed by atoms with van der Waals surface area (Å²) in [6.45, 7) is 2.69. The minimum Gasteiger partial charge on any atom is -0.308 e. The van der Waals surface area contributed by atoms with Gasteiger partial charge in [0, 0.05) is 18.7 Å². The third kappa shape index (κ3) is 5.31. The lowest BCUT2D eigenvalue weighted by Crippen LogP contribution is -2.36. The molecule has 0 saturated carbocycles. The molecule has 1 amide bonds. The molecule has 0 aliphatic carbocycles. The fraction of sp³-hybridized carbons (Fsp3) is 0.300. The van der Waals surface area contributed by atoms with Crippen LogP contribution in [0.15, 0.2) is 47.4 Å². The molecule has 0 atom stereocenters. The summed E-state index contributed by atoms with van der Waals surface area (Å²) in [5.74, 6) is -0.218. The first-order chi connectivity index (χ1) is 13.7. The number of hydrogen-bond donors (Lipinski definition) is 0. The molecule has 0 aliphatic heterocycles. The number of sulfone groups is 1. The number of aromatic nitrogens is 1. The van der Waals surface area contributed by atoms with Crippen LogP contribution in [0.25, 0.3) is 10.2 Å². The van der Waals surface area contributed by atoms with Crippen LogP contribution in [0, 0.1) is 0 Å². The van der Waals surface area contributed by atoms with Crippen molar-refractivity contribution in [3.05, 3.63) is 53.1 Å². The number of likely N-dealkylation sites (N-methyl/N-ethyl adjacent to an activating group) is 1. The number of anilines is 1. The zero-order valence-corrected chi connectivity index (χ0v) is 20.0. The maximum atomic E-state index is 13.2. The van der Waals surface area contributed by atoms with E-state index in [2.05, 4.69) is 4.98 Å². The molecular formula is C20H23Cl2N3O3S2. The average molecular weight is 488 g/mol.